The molecular weight excluding hydrogens is 362 g/mol. The van der Waals surface area contributed by atoms with E-state index in [1.807, 2.05) is 35.2 Å². The Morgan fingerprint density at radius 1 is 1.00 bits per heavy atom. The molecule has 0 spiro atoms. The van der Waals surface area contributed by atoms with Gasteiger partial charge in [-0.3, -0.25) is 9.10 Å². The standard InChI is InChI=1S/C20H23N3O3S/c1-3-21-12-13-22(19-7-5-4-6-18(19)21)20(24)16-8-9-17-15(14-16)10-11-23(17)27(2,25)26/h4-9,14H,3,10-13H2,1-2H3. The molecule has 0 bridgehead atoms. The lowest BCUT2D eigenvalue weighted by Gasteiger charge is -2.37. The Kier molecular flexibility index (Phi) is 4.34. The molecule has 0 radical (unpaired) electrons. The van der Waals surface area contributed by atoms with E-state index in [4.69, 9.17) is 0 Å². The molecule has 2 aliphatic rings. The Bertz CT molecular complexity index is 1000. The number of nitrogens with zero attached hydrogens (tertiary/aromatic N) is 3. The average Bonchev–Trinajstić information content (AvgIpc) is 3.10. The molecule has 0 fully saturated rings. The van der Waals surface area contributed by atoms with Crippen LogP contribution in [0.15, 0.2) is 42.5 Å². The van der Waals surface area contributed by atoms with Gasteiger partial charge < -0.3 is 9.80 Å². The Labute approximate surface area is 160 Å². The summed E-state index contributed by atoms with van der Waals surface area (Å²) in [7, 11) is -3.29. The first kappa shape index (κ1) is 17.9. The molecule has 0 saturated carbocycles. The van der Waals surface area contributed by atoms with E-state index in [0.717, 1.165) is 30.0 Å². The molecule has 0 saturated heterocycles. The van der Waals surface area contributed by atoms with Crippen LogP contribution in [-0.4, -0.2) is 46.8 Å². The first-order valence-corrected chi connectivity index (χ1v) is 11.0. The highest BCUT2D eigenvalue weighted by Gasteiger charge is 2.30. The Hall–Kier alpha value is -2.54. The quantitative estimate of drug-likeness (QED) is 0.815. The number of carbonyl (C=O) groups excluding carboxylic acids is 1. The van der Waals surface area contributed by atoms with Crippen molar-refractivity contribution in [1.29, 1.82) is 0 Å². The maximum absolute atomic E-state index is 13.2. The lowest BCUT2D eigenvalue weighted by atomic mass is 10.1. The van der Waals surface area contributed by atoms with Crippen molar-refractivity contribution in [2.24, 2.45) is 0 Å². The van der Waals surface area contributed by atoms with Crippen LogP contribution in [-0.2, 0) is 16.4 Å². The minimum Gasteiger partial charge on any atom is -0.368 e. The van der Waals surface area contributed by atoms with Crippen LogP contribution in [0.25, 0.3) is 0 Å². The lowest BCUT2D eigenvalue weighted by Crippen LogP contribution is -2.44. The number of anilines is 3. The van der Waals surface area contributed by atoms with E-state index in [1.165, 1.54) is 10.6 Å². The summed E-state index contributed by atoms with van der Waals surface area (Å²) < 4.78 is 25.2. The van der Waals surface area contributed by atoms with Crippen LogP contribution in [0.5, 0.6) is 0 Å². The number of para-hydroxylation sites is 2. The summed E-state index contributed by atoms with van der Waals surface area (Å²) >= 11 is 0. The van der Waals surface area contributed by atoms with E-state index in [0.29, 0.717) is 30.8 Å². The molecule has 0 aliphatic carbocycles. The highest BCUT2D eigenvalue weighted by molar-refractivity contribution is 7.92. The van der Waals surface area contributed by atoms with Crippen molar-refractivity contribution >= 4 is 33.0 Å². The van der Waals surface area contributed by atoms with Crippen molar-refractivity contribution in [3.63, 3.8) is 0 Å². The molecule has 2 aliphatic heterocycles. The fourth-order valence-corrected chi connectivity index (χ4v) is 4.92. The van der Waals surface area contributed by atoms with Crippen LogP contribution < -0.4 is 14.1 Å². The van der Waals surface area contributed by atoms with E-state index < -0.39 is 10.0 Å². The zero-order valence-electron chi connectivity index (χ0n) is 15.6. The highest BCUT2D eigenvalue weighted by Crippen LogP contribution is 2.35. The van der Waals surface area contributed by atoms with Crippen LogP contribution in [0.1, 0.15) is 22.8 Å². The Balaban J connectivity index is 1.67. The third-order valence-electron chi connectivity index (χ3n) is 5.31. The first-order chi connectivity index (χ1) is 12.9. The molecule has 6 nitrogen and oxygen atoms in total. The molecule has 0 aromatic heterocycles. The van der Waals surface area contributed by atoms with Crippen LogP contribution in [0.2, 0.25) is 0 Å². The van der Waals surface area contributed by atoms with Gasteiger partial charge in [0, 0.05) is 31.7 Å². The number of fused-ring (bicyclic) bond motifs is 2. The highest BCUT2D eigenvalue weighted by atomic mass is 32.2. The number of amides is 1. The zero-order valence-corrected chi connectivity index (χ0v) is 16.4. The second-order valence-electron chi connectivity index (χ2n) is 6.95. The SMILES string of the molecule is CCN1CCN(C(=O)c2ccc3c(c2)CCN3S(C)(=O)=O)c2ccccc21. The molecule has 142 valence electrons. The summed E-state index contributed by atoms with van der Waals surface area (Å²) in [6, 6.07) is 13.3. The predicted octanol–water partition coefficient (Wildman–Crippen LogP) is 2.50. The van der Waals surface area contributed by atoms with Gasteiger partial charge in [-0.15, -0.1) is 0 Å². The van der Waals surface area contributed by atoms with E-state index in [1.54, 1.807) is 12.1 Å². The van der Waals surface area contributed by atoms with E-state index in [2.05, 4.69) is 11.8 Å². The van der Waals surface area contributed by atoms with Crippen molar-refractivity contribution in [1.82, 2.24) is 0 Å². The molecule has 2 aromatic carbocycles. The van der Waals surface area contributed by atoms with Crippen molar-refractivity contribution in [3.8, 4) is 0 Å². The van der Waals surface area contributed by atoms with Gasteiger partial charge in [-0.05, 0) is 49.2 Å². The van der Waals surface area contributed by atoms with Crippen molar-refractivity contribution in [2.45, 2.75) is 13.3 Å². The minimum absolute atomic E-state index is 0.0428. The van der Waals surface area contributed by atoms with Crippen molar-refractivity contribution in [3.05, 3.63) is 53.6 Å². The topological polar surface area (TPSA) is 60.9 Å². The molecule has 2 aromatic rings. The molecule has 4 rings (SSSR count). The number of hydrogen-bond donors (Lipinski definition) is 0. The largest absolute Gasteiger partial charge is 0.368 e. The number of likely N-dealkylation sites (N-methyl/N-ethyl adjacent to an activating group) is 1. The predicted molar refractivity (Wildman–Crippen MR) is 108 cm³/mol. The van der Waals surface area contributed by atoms with Gasteiger partial charge in [-0.1, -0.05) is 12.1 Å². The Morgan fingerprint density at radius 3 is 2.44 bits per heavy atom. The number of benzene rings is 2. The molecule has 27 heavy (non-hydrogen) atoms. The summed E-state index contributed by atoms with van der Waals surface area (Å²) in [5.74, 6) is -0.0428. The zero-order chi connectivity index (χ0) is 19.2. The Morgan fingerprint density at radius 2 is 1.74 bits per heavy atom. The van der Waals surface area contributed by atoms with Gasteiger partial charge in [0.15, 0.2) is 0 Å². The van der Waals surface area contributed by atoms with Gasteiger partial charge in [0.1, 0.15) is 0 Å². The fourth-order valence-electron chi connectivity index (χ4n) is 3.97. The summed E-state index contributed by atoms with van der Waals surface area (Å²) in [5, 5.41) is 0. The number of hydrogen-bond acceptors (Lipinski definition) is 4. The van der Waals surface area contributed by atoms with Gasteiger partial charge in [0.25, 0.3) is 5.91 Å². The van der Waals surface area contributed by atoms with Gasteiger partial charge in [-0.2, -0.15) is 0 Å². The first-order valence-electron chi connectivity index (χ1n) is 9.16. The molecule has 1 amide bonds. The summed E-state index contributed by atoms with van der Waals surface area (Å²) in [5.41, 5.74) is 4.19. The molecule has 0 unspecified atom stereocenters. The second kappa shape index (κ2) is 6.56. The van der Waals surface area contributed by atoms with Crippen LogP contribution in [0, 0.1) is 0 Å². The summed E-state index contributed by atoms with van der Waals surface area (Å²) in [6.07, 6.45) is 1.84. The third-order valence-corrected chi connectivity index (χ3v) is 6.49. The van der Waals surface area contributed by atoms with Crippen LogP contribution >= 0.6 is 0 Å². The molecular formula is C20H23N3O3S. The van der Waals surface area contributed by atoms with Crippen molar-refractivity contribution in [2.75, 3.05) is 46.5 Å². The normalized spacial score (nSPS) is 16.3. The second-order valence-corrected chi connectivity index (χ2v) is 8.86. The van der Waals surface area contributed by atoms with E-state index in [-0.39, 0.29) is 5.91 Å². The average molecular weight is 385 g/mol. The smallest absolute Gasteiger partial charge is 0.258 e. The molecule has 0 N–H and O–H groups in total. The summed E-state index contributed by atoms with van der Waals surface area (Å²) in [4.78, 5) is 17.3. The van der Waals surface area contributed by atoms with Crippen LogP contribution in [0.3, 0.4) is 0 Å². The van der Waals surface area contributed by atoms with E-state index >= 15 is 0 Å². The van der Waals surface area contributed by atoms with Crippen molar-refractivity contribution < 1.29 is 13.2 Å². The van der Waals surface area contributed by atoms with E-state index in [9.17, 15) is 13.2 Å². The molecule has 0 atom stereocenters. The fraction of sp³-hybridized carbons (Fsp3) is 0.350. The minimum atomic E-state index is -3.29. The van der Waals surface area contributed by atoms with Gasteiger partial charge >= 0.3 is 0 Å². The molecule has 2 heterocycles. The summed E-state index contributed by atoms with van der Waals surface area (Å²) in [6.45, 7) is 4.88. The van der Waals surface area contributed by atoms with Gasteiger partial charge in [-0.25, -0.2) is 8.42 Å². The van der Waals surface area contributed by atoms with Gasteiger partial charge in [0.2, 0.25) is 10.0 Å². The lowest BCUT2D eigenvalue weighted by molar-refractivity contribution is 0.0986. The number of rotatable bonds is 3. The number of carbonyl (C=O) groups is 1. The number of sulfonamides is 1. The van der Waals surface area contributed by atoms with Gasteiger partial charge in [0.05, 0.1) is 23.3 Å². The monoisotopic (exact) mass is 385 g/mol. The maximum atomic E-state index is 13.2. The molecule has 7 heteroatoms. The third kappa shape index (κ3) is 3.06. The van der Waals surface area contributed by atoms with Crippen LogP contribution in [0.4, 0.5) is 17.1 Å². The maximum Gasteiger partial charge on any atom is 0.258 e.